The minimum atomic E-state index is -0.386. The van der Waals surface area contributed by atoms with Gasteiger partial charge in [-0.25, -0.2) is 0 Å². The van der Waals surface area contributed by atoms with Gasteiger partial charge in [-0.2, -0.15) is 0 Å². The van der Waals surface area contributed by atoms with Gasteiger partial charge in [-0.05, 0) is 0 Å². The smallest absolute Gasteiger partial charge is 1.00 e. The molecule has 4 atom stereocenters. The minimum absolute atomic E-state index is 0. The fourth-order valence-electron chi connectivity index (χ4n) is 4.33. The van der Waals surface area contributed by atoms with Gasteiger partial charge >= 0.3 is 128 Å². The zero-order chi connectivity index (χ0) is 13.0. The Bertz CT molecular complexity index is 493. The molecule has 0 nitrogen and oxygen atoms in total. The second-order valence-corrected chi connectivity index (χ2v) is 10.6. The van der Waals surface area contributed by atoms with Gasteiger partial charge in [0.25, 0.3) is 0 Å². The zero-order valence-electron chi connectivity index (χ0n) is 12.7. The summed E-state index contributed by atoms with van der Waals surface area (Å²) in [7, 11) is 0. The third-order valence-electron chi connectivity index (χ3n) is 5.54. The molecule has 112 valence electrons. The van der Waals surface area contributed by atoms with Gasteiger partial charge < -0.3 is 24.8 Å². The number of hydrogen-bond donors (Lipinski definition) is 0. The molecular weight excluding hydrogens is 378 g/mol. The van der Waals surface area contributed by atoms with Gasteiger partial charge in [0.15, 0.2) is 0 Å². The molecule has 0 saturated carbocycles. The van der Waals surface area contributed by atoms with Crippen molar-refractivity contribution < 1.29 is 48.0 Å². The third-order valence-corrected chi connectivity index (χ3v) is 9.97. The molecule has 0 aromatic rings. The molecule has 0 heterocycles. The quantitative estimate of drug-likeness (QED) is 0.572. The second-order valence-electron chi connectivity index (χ2n) is 6.68. The summed E-state index contributed by atoms with van der Waals surface area (Å²) < 4.78 is 1.84. The summed E-state index contributed by atoms with van der Waals surface area (Å²) in [6, 6.07) is 0. The van der Waals surface area contributed by atoms with Crippen molar-refractivity contribution in [3.8, 4) is 0 Å². The maximum absolute atomic E-state index is 2.57. The summed E-state index contributed by atoms with van der Waals surface area (Å²) in [5, 5.41) is 0. The van der Waals surface area contributed by atoms with Crippen LogP contribution < -0.4 is 24.8 Å². The van der Waals surface area contributed by atoms with Crippen molar-refractivity contribution >= 4 is 0 Å². The number of allylic oxidation sites excluding steroid dienone is 8. The first-order chi connectivity index (χ1) is 9.24. The molecule has 4 unspecified atom stereocenters. The Labute approximate surface area is 152 Å². The molecule has 21 heavy (non-hydrogen) atoms. The van der Waals surface area contributed by atoms with Crippen LogP contribution in [0.4, 0.5) is 0 Å². The molecule has 0 amide bonds. The van der Waals surface area contributed by atoms with E-state index in [9.17, 15) is 0 Å². The second kappa shape index (κ2) is 6.90. The van der Waals surface area contributed by atoms with Crippen LogP contribution in [0, 0.1) is 11.8 Å². The SMILES string of the molecule is CC1CCC2=C1C=C[CH]2[Zr+2][CH]1C=CC2=C1CCC2C.[Cl-].[Cl-]. The Morgan fingerprint density at radius 1 is 0.810 bits per heavy atom. The van der Waals surface area contributed by atoms with Crippen LogP contribution in [0.5, 0.6) is 0 Å². The summed E-state index contributed by atoms with van der Waals surface area (Å²) in [6.07, 6.45) is 15.7. The first-order valence-electron chi connectivity index (χ1n) is 7.82. The molecule has 0 aromatic carbocycles. The summed E-state index contributed by atoms with van der Waals surface area (Å²) in [6.45, 7) is 4.82. The molecule has 0 radical (unpaired) electrons. The third kappa shape index (κ3) is 2.96. The average Bonchev–Trinajstić information content (AvgIpc) is 3.10. The van der Waals surface area contributed by atoms with E-state index in [1.165, 1.54) is 25.7 Å². The van der Waals surface area contributed by atoms with Crippen molar-refractivity contribution in [2.45, 2.75) is 46.8 Å². The summed E-state index contributed by atoms with van der Waals surface area (Å²) in [5.41, 5.74) is 7.16. The summed E-state index contributed by atoms with van der Waals surface area (Å²) >= 11 is -0.386. The molecule has 0 aliphatic heterocycles. The van der Waals surface area contributed by atoms with Crippen LogP contribution in [0.25, 0.3) is 0 Å². The molecule has 4 rings (SSSR count). The van der Waals surface area contributed by atoms with Gasteiger partial charge in [0.05, 0.1) is 0 Å². The van der Waals surface area contributed by atoms with E-state index in [-0.39, 0.29) is 48.0 Å². The van der Waals surface area contributed by atoms with Gasteiger partial charge in [0, 0.05) is 0 Å². The van der Waals surface area contributed by atoms with Crippen LogP contribution in [0.3, 0.4) is 0 Å². The predicted octanol–water partition coefficient (Wildman–Crippen LogP) is -0.753. The topological polar surface area (TPSA) is 0 Å². The zero-order valence-corrected chi connectivity index (χ0v) is 16.7. The Kier molecular flexibility index (Phi) is 5.84. The van der Waals surface area contributed by atoms with Gasteiger partial charge in [-0.15, -0.1) is 0 Å². The fraction of sp³-hybridized carbons (Fsp3) is 0.556. The van der Waals surface area contributed by atoms with Gasteiger partial charge in [-0.3, -0.25) is 0 Å². The van der Waals surface area contributed by atoms with Gasteiger partial charge in [-0.1, -0.05) is 0 Å². The monoisotopic (exact) mass is 398 g/mol. The molecule has 4 aliphatic carbocycles. The maximum atomic E-state index is 2.57. The van der Waals surface area contributed by atoms with E-state index in [1.54, 1.807) is 11.1 Å². The standard InChI is InChI=1S/2C9H11.2ClH.Zr/c2*1-7-5-6-8-3-2-4-9(7)8;;;/h2*2-4,7H,5-6H2,1H3;2*1H;/q;;;;+2/p-2. The van der Waals surface area contributed by atoms with Crippen LogP contribution >= 0.6 is 0 Å². The van der Waals surface area contributed by atoms with Crippen LogP contribution in [-0.4, -0.2) is 0 Å². The molecule has 3 heteroatoms. The van der Waals surface area contributed by atoms with Crippen LogP contribution in [0.1, 0.15) is 39.5 Å². The maximum Gasteiger partial charge on any atom is -1.00 e. The molecule has 0 spiro atoms. The van der Waals surface area contributed by atoms with Crippen LogP contribution in [0.2, 0.25) is 7.25 Å². The van der Waals surface area contributed by atoms with Gasteiger partial charge in [0.2, 0.25) is 0 Å². The van der Waals surface area contributed by atoms with Crippen molar-refractivity contribution in [3.05, 3.63) is 46.6 Å². The van der Waals surface area contributed by atoms with Crippen LogP contribution in [-0.2, 0) is 23.2 Å². The largest absolute Gasteiger partial charge is 1.00 e. The van der Waals surface area contributed by atoms with E-state index in [4.69, 9.17) is 0 Å². The average molecular weight is 401 g/mol. The number of halogens is 2. The molecule has 0 N–H and O–H groups in total. The first-order valence-corrected chi connectivity index (χ1v) is 10.7. The fourth-order valence-corrected chi connectivity index (χ4v) is 8.82. The molecule has 0 saturated heterocycles. The van der Waals surface area contributed by atoms with E-state index >= 15 is 0 Å². The first kappa shape index (κ1) is 17.8. The molecule has 0 bridgehead atoms. The van der Waals surface area contributed by atoms with Crippen molar-refractivity contribution in [2.24, 2.45) is 11.8 Å². The normalized spacial score (nSPS) is 35.5. The van der Waals surface area contributed by atoms with E-state index < -0.39 is 0 Å². The van der Waals surface area contributed by atoms with E-state index in [2.05, 4.69) is 38.2 Å². The van der Waals surface area contributed by atoms with Gasteiger partial charge in [0.1, 0.15) is 0 Å². The van der Waals surface area contributed by atoms with Crippen LogP contribution in [0.15, 0.2) is 46.6 Å². The van der Waals surface area contributed by atoms with Crippen molar-refractivity contribution in [2.75, 3.05) is 0 Å². The summed E-state index contributed by atoms with van der Waals surface area (Å²) in [4.78, 5) is 0. The molecule has 4 aliphatic rings. The van der Waals surface area contributed by atoms with E-state index in [0.717, 1.165) is 19.1 Å². The summed E-state index contributed by atoms with van der Waals surface area (Å²) in [5.74, 6) is 1.69. The Hall–Kier alpha value is 0.423. The Morgan fingerprint density at radius 2 is 1.24 bits per heavy atom. The van der Waals surface area contributed by atoms with E-state index in [0.29, 0.717) is 0 Å². The Balaban J connectivity index is 0.000000807. The number of hydrogen-bond acceptors (Lipinski definition) is 0. The van der Waals surface area contributed by atoms with Crippen molar-refractivity contribution in [3.63, 3.8) is 0 Å². The minimum Gasteiger partial charge on any atom is -1.00 e. The predicted molar refractivity (Wildman–Crippen MR) is 76.6 cm³/mol. The number of rotatable bonds is 2. The molecule has 0 fully saturated rings. The molecule has 0 aromatic heterocycles. The van der Waals surface area contributed by atoms with Crippen molar-refractivity contribution in [1.29, 1.82) is 0 Å². The van der Waals surface area contributed by atoms with Crippen molar-refractivity contribution in [1.82, 2.24) is 0 Å². The Morgan fingerprint density at radius 3 is 1.67 bits per heavy atom. The van der Waals surface area contributed by atoms with E-state index in [1.807, 2.05) is 11.1 Å². The molecular formula is C18H22Cl2Zr.